The van der Waals surface area contributed by atoms with Gasteiger partial charge >= 0.3 is 0 Å². The monoisotopic (exact) mass is 508 g/mol. The van der Waals surface area contributed by atoms with E-state index in [1.165, 1.54) is 25.3 Å². The van der Waals surface area contributed by atoms with E-state index in [4.69, 9.17) is 27.9 Å². The van der Waals surface area contributed by atoms with Crippen molar-refractivity contribution in [2.24, 2.45) is 11.0 Å². The van der Waals surface area contributed by atoms with Crippen LogP contribution in [-0.4, -0.2) is 35.1 Å². The van der Waals surface area contributed by atoms with Gasteiger partial charge in [-0.2, -0.15) is 5.10 Å². The van der Waals surface area contributed by atoms with Crippen LogP contribution in [0.25, 0.3) is 0 Å². The molecule has 0 radical (unpaired) electrons. The Labute approximate surface area is 207 Å². The van der Waals surface area contributed by atoms with Gasteiger partial charge in [0.05, 0.1) is 16.2 Å². The number of carbonyl (C=O) groups is 2. The van der Waals surface area contributed by atoms with Crippen molar-refractivity contribution in [3.05, 3.63) is 67.7 Å². The molecule has 0 unspecified atom stereocenters. The maximum Gasteiger partial charge on any atom is 0.272 e. The van der Waals surface area contributed by atoms with Crippen LogP contribution >= 0.6 is 23.2 Å². The van der Waals surface area contributed by atoms with E-state index in [1.54, 1.807) is 31.2 Å². The van der Waals surface area contributed by atoms with Crippen LogP contribution in [0.2, 0.25) is 10.0 Å². The molecule has 2 N–H and O–H groups in total. The Morgan fingerprint density at radius 3 is 2.47 bits per heavy atom. The molecule has 0 fully saturated rings. The number of benzene rings is 2. The standard InChI is InChI=1S/C23H26Cl2N4O5/c1-13(2)9-19(27-22(30)15(4)34-21-8-7-17(24)11-18(21)25)23(31)28-26-12-16-6-5-14(3)20(10-16)29(32)33/h5-8,10-13,15,19H,9H2,1-4H3,(H,27,30)(H,28,31)/b26-12-/t15-,19-/m1/s1. The molecule has 182 valence electrons. The van der Waals surface area contributed by atoms with Gasteiger partial charge < -0.3 is 10.1 Å². The van der Waals surface area contributed by atoms with Gasteiger partial charge in [0.1, 0.15) is 11.8 Å². The quantitative estimate of drug-likeness (QED) is 0.274. The first-order chi connectivity index (χ1) is 16.0. The predicted molar refractivity (Wildman–Crippen MR) is 132 cm³/mol. The number of hydrogen-bond acceptors (Lipinski definition) is 6. The highest BCUT2D eigenvalue weighted by molar-refractivity contribution is 6.35. The van der Waals surface area contributed by atoms with Gasteiger partial charge in [0.15, 0.2) is 6.10 Å². The SMILES string of the molecule is Cc1ccc(/C=N\NC(=O)[C@@H](CC(C)C)NC(=O)[C@@H](C)Oc2ccc(Cl)cc2Cl)cc1[N+](=O)[O-]. The van der Waals surface area contributed by atoms with Crippen molar-refractivity contribution < 1.29 is 19.2 Å². The number of amides is 2. The van der Waals surface area contributed by atoms with Crippen molar-refractivity contribution in [2.45, 2.75) is 46.3 Å². The Balaban J connectivity index is 2.04. The molecule has 11 heteroatoms. The van der Waals surface area contributed by atoms with E-state index in [-0.39, 0.29) is 22.4 Å². The van der Waals surface area contributed by atoms with Gasteiger partial charge in [-0.25, -0.2) is 5.43 Å². The minimum absolute atomic E-state index is 0.0463. The lowest BCUT2D eigenvalue weighted by molar-refractivity contribution is -0.385. The highest BCUT2D eigenvalue weighted by Crippen LogP contribution is 2.28. The summed E-state index contributed by atoms with van der Waals surface area (Å²) in [5, 5.41) is 18.3. The Kier molecular flexibility index (Phi) is 9.83. The topological polar surface area (TPSA) is 123 Å². The molecule has 34 heavy (non-hydrogen) atoms. The Hall–Kier alpha value is -3.17. The largest absolute Gasteiger partial charge is 0.479 e. The van der Waals surface area contributed by atoms with E-state index in [1.807, 2.05) is 13.8 Å². The van der Waals surface area contributed by atoms with E-state index in [0.29, 0.717) is 22.6 Å². The molecule has 0 aliphatic carbocycles. The van der Waals surface area contributed by atoms with Gasteiger partial charge in [0.2, 0.25) is 0 Å². The molecule has 0 aliphatic heterocycles. The average Bonchev–Trinajstić information content (AvgIpc) is 2.75. The fraction of sp³-hybridized carbons (Fsp3) is 0.348. The average molecular weight is 509 g/mol. The van der Waals surface area contributed by atoms with Crippen molar-refractivity contribution >= 4 is 46.9 Å². The molecule has 2 aromatic carbocycles. The van der Waals surface area contributed by atoms with E-state index >= 15 is 0 Å². The molecule has 0 heterocycles. The van der Waals surface area contributed by atoms with Crippen molar-refractivity contribution in [1.82, 2.24) is 10.7 Å². The third-order valence-corrected chi connectivity index (χ3v) is 5.26. The summed E-state index contributed by atoms with van der Waals surface area (Å²) in [6.07, 6.45) is 0.724. The van der Waals surface area contributed by atoms with Crippen LogP contribution in [0.1, 0.15) is 38.3 Å². The summed E-state index contributed by atoms with van der Waals surface area (Å²) >= 11 is 12.0. The minimum atomic E-state index is -0.933. The summed E-state index contributed by atoms with van der Waals surface area (Å²) in [6, 6.07) is 8.37. The molecule has 0 bridgehead atoms. The van der Waals surface area contributed by atoms with Crippen molar-refractivity contribution in [1.29, 1.82) is 0 Å². The first-order valence-corrected chi connectivity index (χ1v) is 11.2. The highest BCUT2D eigenvalue weighted by atomic mass is 35.5. The van der Waals surface area contributed by atoms with E-state index in [2.05, 4.69) is 15.8 Å². The smallest absolute Gasteiger partial charge is 0.272 e. The maximum absolute atomic E-state index is 12.7. The second-order valence-corrected chi connectivity index (χ2v) is 8.91. The van der Waals surface area contributed by atoms with Crippen molar-refractivity contribution in [3.8, 4) is 5.75 Å². The van der Waals surface area contributed by atoms with Gasteiger partial charge in [0.25, 0.3) is 17.5 Å². The zero-order chi connectivity index (χ0) is 25.4. The number of nitro groups is 1. The van der Waals surface area contributed by atoms with Crippen molar-refractivity contribution in [3.63, 3.8) is 0 Å². The summed E-state index contributed by atoms with van der Waals surface area (Å²) in [5.74, 6) is -0.654. The molecule has 2 rings (SSSR count). The first-order valence-electron chi connectivity index (χ1n) is 10.5. The molecular weight excluding hydrogens is 483 g/mol. The lowest BCUT2D eigenvalue weighted by Gasteiger charge is -2.22. The molecule has 0 saturated carbocycles. The second-order valence-electron chi connectivity index (χ2n) is 8.06. The zero-order valence-corrected chi connectivity index (χ0v) is 20.7. The number of aryl methyl sites for hydroxylation is 1. The van der Waals surface area contributed by atoms with Gasteiger partial charge in [-0.05, 0) is 44.4 Å². The normalized spacial score (nSPS) is 12.9. The lowest BCUT2D eigenvalue weighted by atomic mass is 10.0. The summed E-state index contributed by atoms with van der Waals surface area (Å²) in [4.78, 5) is 35.9. The Bertz CT molecular complexity index is 1090. The molecular formula is C23H26Cl2N4O5. The molecule has 9 nitrogen and oxygen atoms in total. The summed E-state index contributed by atoms with van der Waals surface area (Å²) in [5.41, 5.74) is 3.30. The molecule has 0 saturated heterocycles. The maximum atomic E-state index is 12.7. The number of carbonyl (C=O) groups excluding carboxylic acids is 2. The first kappa shape index (κ1) is 27.1. The van der Waals surface area contributed by atoms with Crippen LogP contribution in [0.5, 0.6) is 5.75 Å². The van der Waals surface area contributed by atoms with Gasteiger partial charge in [0, 0.05) is 22.2 Å². The fourth-order valence-corrected chi connectivity index (χ4v) is 3.41. The van der Waals surface area contributed by atoms with Crippen LogP contribution in [0.3, 0.4) is 0 Å². The summed E-state index contributed by atoms with van der Waals surface area (Å²) in [6.45, 7) is 6.99. The van der Waals surface area contributed by atoms with E-state index in [9.17, 15) is 19.7 Å². The van der Waals surface area contributed by atoms with Crippen LogP contribution < -0.4 is 15.5 Å². The predicted octanol–water partition coefficient (Wildman–Crippen LogP) is 4.66. The molecule has 2 amide bonds. The third-order valence-electron chi connectivity index (χ3n) is 4.73. The van der Waals surface area contributed by atoms with Gasteiger partial charge in [-0.15, -0.1) is 0 Å². The number of rotatable bonds is 10. The molecule has 0 aliphatic rings. The third kappa shape index (κ3) is 8.00. The van der Waals surface area contributed by atoms with E-state index < -0.39 is 28.9 Å². The summed E-state index contributed by atoms with van der Waals surface area (Å²) < 4.78 is 5.61. The number of ether oxygens (including phenoxy) is 1. The van der Waals surface area contributed by atoms with Crippen LogP contribution in [-0.2, 0) is 9.59 Å². The number of hydrazone groups is 1. The number of halogens is 2. The molecule has 2 aromatic rings. The molecule has 0 aromatic heterocycles. The van der Waals surface area contributed by atoms with Crippen LogP contribution in [0.15, 0.2) is 41.5 Å². The van der Waals surface area contributed by atoms with Gasteiger partial charge in [-0.3, -0.25) is 19.7 Å². The second kappa shape index (κ2) is 12.3. The van der Waals surface area contributed by atoms with Crippen molar-refractivity contribution in [2.75, 3.05) is 0 Å². The number of hydrogen-bond donors (Lipinski definition) is 2. The Morgan fingerprint density at radius 1 is 1.15 bits per heavy atom. The zero-order valence-electron chi connectivity index (χ0n) is 19.2. The molecule has 0 spiro atoms. The summed E-state index contributed by atoms with van der Waals surface area (Å²) in [7, 11) is 0. The minimum Gasteiger partial charge on any atom is -0.479 e. The van der Waals surface area contributed by atoms with Crippen LogP contribution in [0, 0.1) is 23.0 Å². The molecule has 2 atom stereocenters. The Morgan fingerprint density at radius 2 is 1.85 bits per heavy atom. The number of nitrogens with one attached hydrogen (secondary N) is 2. The fourth-order valence-electron chi connectivity index (χ4n) is 2.96. The lowest BCUT2D eigenvalue weighted by Crippen LogP contribution is -2.49. The number of nitro benzene ring substituents is 1. The van der Waals surface area contributed by atoms with Gasteiger partial charge in [-0.1, -0.05) is 49.2 Å². The van der Waals surface area contributed by atoms with E-state index in [0.717, 1.165) is 0 Å². The highest BCUT2D eigenvalue weighted by Gasteiger charge is 2.25. The van der Waals surface area contributed by atoms with Crippen LogP contribution in [0.4, 0.5) is 5.69 Å². The number of nitrogens with zero attached hydrogens (tertiary/aromatic N) is 2.